The van der Waals surface area contributed by atoms with E-state index in [-0.39, 0.29) is 23.8 Å². The minimum atomic E-state index is -1.01. The number of amides is 2. The summed E-state index contributed by atoms with van der Waals surface area (Å²) in [5.41, 5.74) is -1.01. The lowest BCUT2D eigenvalue weighted by Gasteiger charge is -2.37. The summed E-state index contributed by atoms with van der Waals surface area (Å²) >= 11 is 5.90. The molecular weight excluding hydrogens is 364 g/mol. The van der Waals surface area contributed by atoms with E-state index in [0.717, 1.165) is 25.7 Å². The zero-order valence-corrected chi connectivity index (χ0v) is 17.5. The molecule has 1 aromatic carbocycles. The predicted molar refractivity (Wildman–Crippen MR) is 108 cm³/mol. The molecule has 27 heavy (non-hydrogen) atoms. The van der Waals surface area contributed by atoms with Gasteiger partial charge < -0.3 is 15.0 Å². The highest BCUT2D eigenvalue weighted by Crippen LogP contribution is 2.25. The summed E-state index contributed by atoms with van der Waals surface area (Å²) in [5, 5.41) is 3.69. The Morgan fingerprint density at radius 3 is 2.63 bits per heavy atom. The number of ether oxygens (including phenoxy) is 1. The molecule has 150 valence electrons. The number of halogens is 1. The first-order valence-corrected chi connectivity index (χ1v) is 10.1. The molecule has 1 fully saturated rings. The van der Waals surface area contributed by atoms with Crippen molar-refractivity contribution in [3.8, 4) is 5.75 Å². The van der Waals surface area contributed by atoms with E-state index in [2.05, 4.69) is 12.2 Å². The first kappa shape index (κ1) is 21.5. The van der Waals surface area contributed by atoms with Gasteiger partial charge in [-0.05, 0) is 64.3 Å². The highest BCUT2D eigenvalue weighted by molar-refractivity contribution is 6.30. The van der Waals surface area contributed by atoms with Gasteiger partial charge in [-0.15, -0.1) is 0 Å². The van der Waals surface area contributed by atoms with Gasteiger partial charge in [0.05, 0.1) is 5.92 Å². The van der Waals surface area contributed by atoms with Gasteiger partial charge in [-0.25, -0.2) is 0 Å². The normalized spacial score (nSPS) is 18.7. The molecule has 0 saturated carbocycles. The molecule has 1 aromatic rings. The molecule has 0 aromatic heterocycles. The molecule has 5 nitrogen and oxygen atoms in total. The van der Waals surface area contributed by atoms with Crippen molar-refractivity contribution in [1.29, 1.82) is 0 Å². The number of carbonyl (C=O) groups excluding carboxylic acids is 2. The second-order valence-electron chi connectivity index (χ2n) is 7.85. The molecule has 0 bridgehead atoms. The van der Waals surface area contributed by atoms with Gasteiger partial charge in [0.15, 0.2) is 5.60 Å². The van der Waals surface area contributed by atoms with Crippen LogP contribution in [0.5, 0.6) is 5.75 Å². The second-order valence-corrected chi connectivity index (χ2v) is 8.29. The van der Waals surface area contributed by atoms with Gasteiger partial charge in [0.1, 0.15) is 5.75 Å². The number of benzene rings is 1. The second kappa shape index (κ2) is 9.45. The van der Waals surface area contributed by atoms with Gasteiger partial charge >= 0.3 is 0 Å². The summed E-state index contributed by atoms with van der Waals surface area (Å²) in [6, 6.07) is 7.13. The van der Waals surface area contributed by atoms with E-state index < -0.39 is 5.60 Å². The van der Waals surface area contributed by atoms with Gasteiger partial charge in [0.25, 0.3) is 5.91 Å². The Morgan fingerprint density at radius 1 is 1.33 bits per heavy atom. The fourth-order valence-corrected chi connectivity index (χ4v) is 3.59. The fourth-order valence-electron chi connectivity index (χ4n) is 3.46. The van der Waals surface area contributed by atoms with Gasteiger partial charge in [0, 0.05) is 24.2 Å². The van der Waals surface area contributed by atoms with Crippen LogP contribution in [-0.4, -0.2) is 41.4 Å². The lowest BCUT2D eigenvalue weighted by Crippen LogP contribution is -2.54. The fraction of sp³-hybridized carbons (Fsp3) is 0.619. The molecule has 2 unspecified atom stereocenters. The third-order valence-corrected chi connectivity index (χ3v) is 5.14. The Kier molecular flexibility index (Phi) is 7.54. The van der Waals surface area contributed by atoms with Crippen molar-refractivity contribution in [2.75, 3.05) is 13.1 Å². The predicted octanol–water partition coefficient (Wildman–Crippen LogP) is 4.04. The van der Waals surface area contributed by atoms with Crippen LogP contribution in [0.4, 0.5) is 0 Å². The van der Waals surface area contributed by atoms with E-state index in [1.165, 1.54) is 0 Å². The third kappa shape index (κ3) is 6.13. The first-order valence-electron chi connectivity index (χ1n) is 9.77. The number of hydrogen-bond donors (Lipinski definition) is 1. The van der Waals surface area contributed by atoms with Crippen molar-refractivity contribution in [3.63, 3.8) is 0 Å². The Labute approximate surface area is 167 Å². The van der Waals surface area contributed by atoms with Crippen LogP contribution in [0.1, 0.15) is 53.4 Å². The van der Waals surface area contributed by atoms with Crippen LogP contribution in [0.2, 0.25) is 5.02 Å². The number of nitrogens with zero attached hydrogens (tertiary/aromatic N) is 1. The highest BCUT2D eigenvalue weighted by atomic mass is 35.5. The van der Waals surface area contributed by atoms with E-state index in [0.29, 0.717) is 23.9 Å². The average Bonchev–Trinajstić information content (AvgIpc) is 2.63. The van der Waals surface area contributed by atoms with Crippen LogP contribution in [0.3, 0.4) is 0 Å². The standard InChI is InChI=1S/C21H31ClN2O3/c1-5-7-15(2)23-19(25)16-8-6-13-24(14-16)20(26)21(3,4)27-18-11-9-17(22)10-12-18/h9-12,15-16H,5-8,13-14H2,1-4H3,(H,23,25). The maximum Gasteiger partial charge on any atom is 0.266 e. The number of nitrogens with one attached hydrogen (secondary N) is 1. The molecule has 2 amide bonds. The summed E-state index contributed by atoms with van der Waals surface area (Å²) in [6.07, 6.45) is 3.63. The first-order chi connectivity index (χ1) is 12.7. The van der Waals surface area contributed by atoms with Gasteiger partial charge in [-0.3, -0.25) is 9.59 Å². The molecule has 2 rings (SSSR count). The summed E-state index contributed by atoms with van der Waals surface area (Å²) < 4.78 is 5.91. The Morgan fingerprint density at radius 2 is 2.00 bits per heavy atom. The number of carbonyl (C=O) groups is 2. The summed E-state index contributed by atoms with van der Waals surface area (Å²) in [7, 11) is 0. The number of rotatable bonds is 7. The molecule has 1 N–H and O–H groups in total. The quantitative estimate of drug-likeness (QED) is 0.759. The Balaban J connectivity index is 1.98. The van der Waals surface area contributed by atoms with Crippen molar-refractivity contribution >= 4 is 23.4 Å². The molecule has 0 aliphatic carbocycles. The Hall–Kier alpha value is -1.75. The van der Waals surface area contributed by atoms with Crippen LogP contribution < -0.4 is 10.1 Å². The minimum Gasteiger partial charge on any atom is -0.478 e. The summed E-state index contributed by atoms with van der Waals surface area (Å²) in [6.45, 7) is 8.74. The van der Waals surface area contributed by atoms with Gasteiger partial charge in [-0.2, -0.15) is 0 Å². The molecule has 0 spiro atoms. The Bertz CT molecular complexity index is 645. The van der Waals surface area contributed by atoms with E-state index in [1.54, 1.807) is 43.0 Å². The van der Waals surface area contributed by atoms with Crippen LogP contribution >= 0.6 is 11.6 Å². The van der Waals surface area contributed by atoms with Crippen molar-refractivity contribution < 1.29 is 14.3 Å². The average molecular weight is 395 g/mol. The van der Waals surface area contributed by atoms with Gasteiger partial charge in [0.2, 0.25) is 5.91 Å². The summed E-state index contributed by atoms with van der Waals surface area (Å²) in [5.74, 6) is 0.382. The van der Waals surface area contributed by atoms with Gasteiger partial charge in [-0.1, -0.05) is 24.9 Å². The molecule has 1 aliphatic heterocycles. The van der Waals surface area contributed by atoms with Crippen molar-refractivity contribution in [2.24, 2.45) is 5.92 Å². The maximum atomic E-state index is 13.0. The van der Waals surface area contributed by atoms with Crippen LogP contribution in [0.15, 0.2) is 24.3 Å². The third-order valence-electron chi connectivity index (χ3n) is 4.89. The summed E-state index contributed by atoms with van der Waals surface area (Å²) in [4.78, 5) is 27.3. The van der Waals surface area contributed by atoms with E-state index in [1.807, 2.05) is 6.92 Å². The van der Waals surface area contributed by atoms with Crippen molar-refractivity contribution in [3.05, 3.63) is 29.3 Å². The molecule has 1 aliphatic rings. The largest absolute Gasteiger partial charge is 0.478 e. The van der Waals surface area contributed by atoms with E-state index in [4.69, 9.17) is 16.3 Å². The van der Waals surface area contributed by atoms with E-state index >= 15 is 0 Å². The topological polar surface area (TPSA) is 58.6 Å². The minimum absolute atomic E-state index is 0.0462. The zero-order chi connectivity index (χ0) is 20.0. The molecule has 1 heterocycles. The van der Waals surface area contributed by atoms with Crippen molar-refractivity contribution in [2.45, 2.75) is 65.0 Å². The number of hydrogen-bond acceptors (Lipinski definition) is 3. The lowest BCUT2D eigenvalue weighted by molar-refractivity contribution is -0.148. The molecule has 2 atom stereocenters. The monoisotopic (exact) mass is 394 g/mol. The smallest absolute Gasteiger partial charge is 0.266 e. The van der Waals surface area contributed by atoms with Crippen LogP contribution in [0, 0.1) is 5.92 Å². The zero-order valence-electron chi connectivity index (χ0n) is 16.8. The molecule has 1 saturated heterocycles. The number of likely N-dealkylation sites (tertiary alicyclic amines) is 1. The maximum absolute atomic E-state index is 13.0. The molecular formula is C21H31ClN2O3. The van der Waals surface area contributed by atoms with Crippen LogP contribution in [-0.2, 0) is 9.59 Å². The SMILES string of the molecule is CCCC(C)NC(=O)C1CCCN(C(=O)C(C)(C)Oc2ccc(Cl)cc2)C1. The molecule has 0 radical (unpaired) electrons. The lowest BCUT2D eigenvalue weighted by atomic mass is 9.95. The highest BCUT2D eigenvalue weighted by Gasteiger charge is 2.38. The van der Waals surface area contributed by atoms with Crippen LogP contribution in [0.25, 0.3) is 0 Å². The van der Waals surface area contributed by atoms with Crippen molar-refractivity contribution in [1.82, 2.24) is 10.2 Å². The molecule has 6 heteroatoms. The van der Waals surface area contributed by atoms with E-state index in [9.17, 15) is 9.59 Å². The number of piperidine rings is 1.